The van der Waals surface area contributed by atoms with E-state index in [0.29, 0.717) is 11.4 Å². The van der Waals surface area contributed by atoms with Crippen molar-refractivity contribution in [3.8, 4) is 5.75 Å². The largest absolute Gasteiger partial charge is 0.495 e. The Morgan fingerprint density at radius 1 is 1.25 bits per heavy atom. The van der Waals surface area contributed by atoms with E-state index in [1.54, 1.807) is 24.3 Å². The van der Waals surface area contributed by atoms with Crippen LogP contribution in [0.1, 0.15) is 10.4 Å². The van der Waals surface area contributed by atoms with Crippen LogP contribution in [-0.4, -0.2) is 13.0 Å². The molecule has 0 saturated carbocycles. The molecule has 0 unspecified atom stereocenters. The monoisotopic (exact) mass is 401 g/mol. The Balaban J connectivity index is 2.32. The molecule has 0 radical (unpaired) electrons. The van der Waals surface area contributed by atoms with E-state index in [4.69, 9.17) is 4.74 Å². The van der Waals surface area contributed by atoms with Gasteiger partial charge in [-0.1, -0.05) is 22.0 Å². The maximum Gasteiger partial charge on any atom is 0.258 e. The van der Waals surface area contributed by atoms with Crippen LogP contribution in [0.4, 0.5) is 10.1 Å². The lowest BCUT2D eigenvalue weighted by Crippen LogP contribution is -2.14. The Bertz CT molecular complexity index is 662. The lowest BCUT2D eigenvalue weighted by Gasteiger charge is -2.11. The van der Waals surface area contributed by atoms with Crippen LogP contribution in [0, 0.1) is 5.82 Å². The molecule has 0 aromatic heterocycles. The van der Waals surface area contributed by atoms with Gasteiger partial charge in [-0.2, -0.15) is 0 Å². The van der Waals surface area contributed by atoms with Crippen molar-refractivity contribution in [3.05, 3.63) is 56.7 Å². The molecule has 0 saturated heterocycles. The molecule has 20 heavy (non-hydrogen) atoms. The molecule has 3 nitrogen and oxygen atoms in total. The van der Waals surface area contributed by atoms with Crippen molar-refractivity contribution < 1.29 is 13.9 Å². The molecule has 0 atom stereocenters. The van der Waals surface area contributed by atoms with Crippen LogP contribution in [-0.2, 0) is 0 Å². The lowest BCUT2D eigenvalue weighted by atomic mass is 10.2. The van der Waals surface area contributed by atoms with Crippen LogP contribution in [0.5, 0.6) is 5.75 Å². The number of amides is 1. The number of hydrogen-bond donors (Lipinski definition) is 1. The predicted molar refractivity (Wildman–Crippen MR) is 82.7 cm³/mol. The first-order chi connectivity index (χ1) is 9.52. The third kappa shape index (κ3) is 3.19. The summed E-state index contributed by atoms with van der Waals surface area (Å²) in [6, 6.07) is 9.73. The van der Waals surface area contributed by atoms with Crippen molar-refractivity contribution in [1.29, 1.82) is 0 Å². The fourth-order valence-corrected chi connectivity index (χ4v) is 2.37. The SMILES string of the molecule is COc1ccc(Br)cc1NC(=O)c1cccc(Br)c1F. The zero-order chi connectivity index (χ0) is 14.7. The second-order valence-corrected chi connectivity index (χ2v) is 5.67. The molecule has 0 spiro atoms. The predicted octanol–water partition coefficient (Wildman–Crippen LogP) is 4.61. The number of methoxy groups -OCH3 is 1. The smallest absolute Gasteiger partial charge is 0.258 e. The van der Waals surface area contributed by atoms with E-state index >= 15 is 0 Å². The molecule has 0 heterocycles. The van der Waals surface area contributed by atoms with Gasteiger partial charge in [-0.25, -0.2) is 4.39 Å². The van der Waals surface area contributed by atoms with E-state index in [9.17, 15) is 9.18 Å². The van der Waals surface area contributed by atoms with Gasteiger partial charge in [0.05, 0.1) is 22.8 Å². The molecule has 2 aromatic rings. The number of rotatable bonds is 3. The summed E-state index contributed by atoms with van der Waals surface area (Å²) in [6.45, 7) is 0. The highest BCUT2D eigenvalue weighted by atomic mass is 79.9. The van der Waals surface area contributed by atoms with E-state index in [-0.39, 0.29) is 10.0 Å². The summed E-state index contributed by atoms with van der Waals surface area (Å²) < 4.78 is 20.0. The standard InChI is InChI=1S/C14H10Br2FNO2/c1-20-12-6-5-8(15)7-11(12)18-14(19)9-3-2-4-10(16)13(9)17/h2-7H,1H3,(H,18,19). The first kappa shape index (κ1) is 15.0. The van der Waals surface area contributed by atoms with Crippen LogP contribution in [0.25, 0.3) is 0 Å². The maximum atomic E-state index is 13.9. The molecule has 1 amide bonds. The quantitative estimate of drug-likeness (QED) is 0.813. The minimum atomic E-state index is -0.598. The number of nitrogens with one attached hydrogen (secondary N) is 1. The van der Waals surface area contributed by atoms with Gasteiger partial charge in [0.1, 0.15) is 11.6 Å². The number of benzene rings is 2. The maximum absolute atomic E-state index is 13.9. The second-order valence-electron chi connectivity index (χ2n) is 3.90. The minimum absolute atomic E-state index is 0.0404. The van der Waals surface area contributed by atoms with Crippen LogP contribution in [0.2, 0.25) is 0 Å². The van der Waals surface area contributed by atoms with Gasteiger partial charge in [0.2, 0.25) is 0 Å². The Kier molecular flexibility index (Phi) is 4.77. The van der Waals surface area contributed by atoms with Gasteiger partial charge in [0, 0.05) is 4.47 Å². The molecular formula is C14H10Br2FNO2. The first-order valence-corrected chi connectivity index (χ1v) is 7.20. The van der Waals surface area contributed by atoms with Crippen molar-refractivity contribution in [3.63, 3.8) is 0 Å². The van der Waals surface area contributed by atoms with Gasteiger partial charge >= 0.3 is 0 Å². The highest BCUT2D eigenvalue weighted by Crippen LogP contribution is 2.29. The van der Waals surface area contributed by atoms with Gasteiger partial charge in [-0.15, -0.1) is 0 Å². The fraction of sp³-hybridized carbons (Fsp3) is 0.0714. The van der Waals surface area contributed by atoms with E-state index in [0.717, 1.165) is 4.47 Å². The van der Waals surface area contributed by atoms with Gasteiger partial charge in [0.25, 0.3) is 5.91 Å². The average molecular weight is 403 g/mol. The molecule has 1 N–H and O–H groups in total. The Morgan fingerprint density at radius 3 is 2.70 bits per heavy atom. The Hall–Kier alpha value is -1.40. The number of carbonyl (C=O) groups is 1. The molecule has 0 bridgehead atoms. The van der Waals surface area contributed by atoms with Gasteiger partial charge in [-0.05, 0) is 46.3 Å². The fourth-order valence-electron chi connectivity index (χ4n) is 1.65. The zero-order valence-electron chi connectivity index (χ0n) is 10.4. The topological polar surface area (TPSA) is 38.3 Å². The molecule has 104 valence electrons. The minimum Gasteiger partial charge on any atom is -0.495 e. The van der Waals surface area contributed by atoms with E-state index in [1.807, 2.05) is 0 Å². The highest BCUT2D eigenvalue weighted by molar-refractivity contribution is 9.10. The molecule has 0 fully saturated rings. The summed E-state index contributed by atoms with van der Waals surface area (Å²) in [7, 11) is 1.50. The zero-order valence-corrected chi connectivity index (χ0v) is 13.6. The molecule has 2 rings (SSSR count). The highest BCUT2D eigenvalue weighted by Gasteiger charge is 2.15. The van der Waals surface area contributed by atoms with Gasteiger partial charge in [0.15, 0.2) is 0 Å². The molecule has 6 heteroatoms. The van der Waals surface area contributed by atoms with E-state index in [2.05, 4.69) is 37.2 Å². The Labute approximate surface area is 132 Å². The first-order valence-electron chi connectivity index (χ1n) is 5.62. The van der Waals surface area contributed by atoms with Crippen LogP contribution in [0.3, 0.4) is 0 Å². The summed E-state index contributed by atoms with van der Waals surface area (Å²) in [6.07, 6.45) is 0. The summed E-state index contributed by atoms with van der Waals surface area (Å²) in [5.41, 5.74) is 0.424. The van der Waals surface area contributed by atoms with Gasteiger partial charge in [-0.3, -0.25) is 4.79 Å². The number of anilines is 1. The van der Waals surface area contributed by atoms with E-state index < -0.39 is 11.7 Å². The summed E-state index contributed by atoms with van der Waals surface area (Å²) in [5, 5.41) is 2.63. The molecular weight excluding hydrogens is 393 g/mol. The van der Waals surface area contributed by atoms with Crippen molar-refractivity contribution in [2.24, 2.45) is 0 Å². The normalized spacial score (nSPS) is 10.2. The van der Waals surface area contributed by atoms with Crippen molar-refractivity contribution in [1.82, 2.24) is 0 Å². The summed E-state index contributed by atoms with van der Waals surface area (Å²) in [4.78, 5) is 12.1. The molecule has 0 aliphatic rings. The van der Waals surface area contributed by atoms with Crippen molar-refractivity contribution >= 4 is 43.5 Å². The second kappa shape index (κ2) is 6.37. The number of ether oxygens (including phenoxy) is 1. The lowest BCUT2D eigenvalue weighted by molar-refractivity contribution is 0.102. The Morgan fingerprint density at radius 2 is 2.00 bits per heavy atom. The molecule has 2 aromatic carbocycles. The third-order valence-corrected chi connectivity index (χ3v) is 3.71. The van der Waals surface area contributed by atoms with Crippen molar-refractivity contribution in [2.45, 2.75) is 0 Å². The van der Waals surface area contributed by atoms with Crippen molar-refractivity contribution in [2.75, 3.05) is 12.4 Å². The van der Waals surface area contributed by atoms with Crippen LogP contribution in [0.15, 0.2) is 45.3 Å². The number of hydrogen-bond acceptors (Lipinski definition) is 2. The van der Waals surface area contributed by atoms with E-state index in [1.165, 1.54) is 19.2 Å². The molecule has 0 aliphatic carbocycles. The van der Waals surface area contributed by atoms with Crippen LogP contribution < -0.4 is 10.1 Å². The number of halogens is 3. The molecule has 0 aliphatic heterocycles. The third-order valence-electron chi connectivity index (χ3n) is 2.61. The van der Waals surface area contributed by atoms with Crippen LogP contribution >= 0.6 is 31.9 Å². The van der Waals surface area contributed by atoms with Gasteiger partial charge < -0.3 is 10.1 Å². The summed E-state index contributed by atoms with van der Waals surface area (Å²) in [5.74, 6) is -0.642. The average Bonchev–Trinajstić information content (AvgIpc) is 2.42. The number of carbonyl (C=O) groups excluding carboxylic acids is 1. The summed E-state index contributed by atoms with van der Waals surface area (Å²) >= 11 is 6.36.